The first kappa shape index (κ1) is 15.0. The van der Waals surface area contributed by atoms with Gasteiger partial charge in [0, 0.05) is 12.2 Å². The molecule has 3 nitrogen and oxygen atoms in total. The molecule has 0 saturated heterocycles. The summed E-state index contributed by atoms with van der Waals surface area (Å²) in [4.78, 5) is 14.3. The molecule has 1 N–H and O–H groups in total. The van der Waals surface area contributed by atoms with Crippen LogP contribution >= 0.6 is 0 Å². The fraction of sp³-hybridized carbons (Fsp3) is 0.588. The van der Waals surface area contributed by atoms with Gasteiger partial charge in [0.25, 0.3) is 0 Å². The maximum atomic E-state index is 11.8. The van der Waals surface area contributed by atoms with E-state index in [2.05, 4.69) is 36.2 Å². The summed E-state index contributed by atoms with van der Waals surface area (Å²) >= 11 is 0. The number of benzene rings is 1. The second kappa shape index (κ2) is 6.89. The van der Waals surface area contributed by atoms with E-state index >= 15 is 0 Å². The molecular weight excluding hydrogens is 248 g/mol. The van der Waals surface area contributed by atoms with Crippen LogP contribution in [0.3, 0.4) is 0 Å². The Balaban J connectivity index is 2.07. The zero-order valence-electron chi connectivity index (χ0n) is 12.9. The van der Waals surface area contributed by atoms with Gasteiger partial charge in [0.05, 0.1) is 5.92 Å². The molecule has 0 saturated carbocycles. The molecule has 1 aromatic carbocycles. The van der Waals surface area contributed by atoms with Crippen LogP contribution in [-0.2, 0) is 11.2 Å². The standard InChI is InChI=1S/C17H26N2O/c1-4-10-19(11-5-2)12-9-14-7-6-8-15-16(14)13(3)17(20)18-15/h6-8,13H,4-5,9-12H2,1-3H3,(H,18,20). The SMILES string of the molecule is CCCN(CCC)CCc1cccc2c1C(C)C(=O)N2. The molecule has 1 unspecified atom stereocenters. The third-order valence-corrected chi connectivity index (χ3v) is 4.06. The van der Waals surface area contributed by atoms with E-state index in [-0.39, 0.29) is 11.8 Å². The molecule has 0 aliphatic carbocycles. The Morgan fingerprint density at radius 1 is 1.15 bits per heavy atom. The van der Waals surface area contributed by atoms with E-state index in [1.54, 1.807) is 0 Å². The molecule has 2 rings (SSSR count). The van der Waals surface area contributed by atoms with Crippen LogP contribution in [0.1, 0.15) is 50.7 Å². The molecule has 1 aliphatic rings. The van der Waals surface area contributed by atoms with Gasteiger partial charge in [-0.2, -0.15) is 0 Å². The zero-order valence-corrected chi connectivity index (χ0v) is 12.9. The van der Waals surface area contributed by atoms with Crippen molar-refractivity contribution in [2.75, 3.05) is 25.0 Å². The minimum Gasteiger partial charge on any atom is -0.325 e. The number of hydrogen-bond acceptors (Lipinski definition) is 2. The van der Waals surface area contributed by atoms with Crippen LogP contribution < -0.4 is 5.32 Å². The number of amides is 1. The van der Waals surface area contributed by atoms with E-state index in [1.807, 2.05) is 13.0 Å². The largest absolute Gasteiger partial charge is 0.325 e. The molecule has 3 heteroatoms. The van der Waals surface area contributed by atoms with Gasteiger partial charge in [-0.15, -0.1) is 0 Å². The van der Waals surface area contributed by atoms with Gasteiger partial charge in [-0.25, -0.2) is 0 Å². The van der Waals surface area contributed by atoms with Gasteiger partial charge < -0.3 is 10.2 Å². The summed E-state index contributed by atoms with van der Waals surface area (Å²) in [5.41, 5.74) is 3.55. The second-order valence-electron chi connectivity index (χ2n) is 5.68. The monoisotopic (exact) mass is 274 g/mol. The lowest BCUT2D eigenvalue weighted by atomic mass is 9.95. The minimum absolute atomic E-state index is 0.00741. The van der Waals surface area contributed by atoms with Crippen LogP contribution in [0, 0.1) is 0 Å². The Hall–Kier alpha value is -1.35. The molecule has 1 aliphatic heterocycles. The van der Waals surface area contributed by atoms with Crippen LogP contribution in [0.4, 0.5) is 5.69 Å². The molecule has 0 bridgehead atoms. The van der Waals surface area contributed by atoms with Gasteiger partial charge >= 0.3 is 0 Å². The van der Waals surface area contributed by atoms with Crippen LogP contribution in [0.25, 0.3) is 0 Å². The van der Waals surface area contributed by atoms with Crippen molar-refractivity contribution in [3.63, 3.8) is 0 Å². The topological polar surface area (TPSA) is 32.3 Å². The highest BCUT2D eigenvalue weighted by atomic mass is 16.2. The van der Waals surface area contributed by atoms with Crippen LogP contribution in [0.2, 0.25) is 0 Å². The van der Waals surface area contributed by atoms with Crippen LogP contribution in [-0.4, -0.2) is 30.4 Å². The fourth-order valence-corrected chi connectivity index (χ4v) is 3.07. The normalized spacial score (nSPS) is 17.4. The summed E-state index contributed by atoms with van der Waals surface area (Å²) in [5.74, 6) is 0.124. The molecule has 0 radical (unpaired) electrons. The molecule has 1 heterocycles. The van der Waals surface area contributed by atoms with E-state index in [9.17, 15) is 4.79 Å². The lowest BCUT2D eigenvalue weighted by Crippen LogP contribution is -2.28. The number of carbonyl (C=O) groups excluding carboxylic acids is 1. The lowest BCUT2D eigenvalue weighted by molar-refractivity contribution is -0.116. The van der Waals surface area contributed by atoms with E-state index in [1.165, 1.54) is 24.0 Å². The lowest BCUT2D eigenvalue weighted by Gasteiger charge is -2.21. The molecule has 0 aromatic heterocycles. The van der Waals surface area contributed by atoms with Crippen molar-refractivity contribution in [2.45, 2.75) is 46.0 Å². The van der Waals surface area contributed by atoms with Crippen molar-refractivity contribution in [2.24, 2.45) is 0 Å². The summed E-state index contributed by atoms with van der Waals surface area (Å²) in [6.07, 6.45) is 3.43. The Morgan fingerprint density at radius 2 is 1.85 bits per heavy atom. The highest BCUT2D eigenvalue weighted by Gasteiger charge is 2.28. The number of carbonyl (C=O) groups is 1. The average molecular weight is 274 g/mol. The van der Waals surface area contributed by atoms with Gasteiger partial charge in [0.1, 0.15) is 0 Å². The first-order valence-electron chi connectivity index (χ1n) is 7.82. The number of hydrogen-bond donors (Lipinski definition) is 1. The summed E-state index contributed by atoms with van der Waals surface area (Å²) in [7, 11) is 0. The van der Waals surface area contributed by atoms with Gasteiger partial charge in [0.15, 0.2) is 0 Å². The average Bonchev–Trinajstić information content (AvgIpc) is 2.73. The van der Waals surface area contributed by atoms with Gasteiger partial charge in [-0.1, -0.05) is 26.0 Å². The molecular formula is C17H26N2O. The van der Waals surface area contributed by atoms with E-state index in [0.29, 0.717) is 0 Å². The zero-order chi connectivity index (χ0) is 14.5. The Morgan fingerprint density at radius 3 is 2.50 bits per heavy atom. The van der Waals surface area contributed by atoms with Gasteiger partial charge in [0.2, 0.25) is 5.91 Å². The highest BCUT2D eigenvalue weighted by Crippen LogP contribution is 2.35. The van der Waals surface area contributed by atoms with Crippen molar-refractivity contribution in [3.05, 3.63) is 29.3 Å². The Kier molecular flexibility index (Phi) is 5.18. The van der Waals surface area contributed by atoms with Crippen molar-refractivity contribution in [3.8, 4) is 0 Å². The van der Waals surface area contributed by atoms with E-state index < -0.39 is 0 Å². The molecule has 1 atom stereocenters. The number of fused-ring (bicyclic) bond motifs is 1. The molecule has 110 valence electrons. The summed E-state index contributed by atoms with van der Waals surface area (Å²) in [6, 6.07) is 6.23. The van der Waals surface area contributed by atoms with Crippen molar-refractivity contribution < 1.29 is 4.79 Å². The van der Waals surface area contributed by atoms with Gasteiger partial charge in [-0.3, -0.25) is 4.79 Å². The van der Waals surface area contributed by atoms with Crippen molar-refractivity contribution in [1.82, 2.24) is 4.90 Å². The summed E-state index contributed by atoms with van der Waals surface area (Å²) in [5, 5.41) is 2.97. The smallest absolute Gasteiger partial charge is 0.231 e. The maximum Gasteiger partial charge on any atom is 0.231 e. The number of nitrogens with one attached hydrogen (secondary N) is 1. The molecule has 1 aromatic rings. The first-order chi connectivity index (χ1) is 9.67. The first-order valence-corrected chi connectivity index (χ1v) is 7.82. The van der Waals surface area contributed by atoms with Crippen LogP contribution in [0.15, 0.2) is 18.2 Å². The fourth-order valence-electron chi connectivity index (χ4n) is 3.07. The Bertz CT molecular complexity index is 464. The third-order valence-electron chi connectivity index (χ3n) is 4.06. The Labute approximate surface area is 122 Å². The van der Waals surface area contributed by atoms with E-state index in [4.69, 9.17) is 0 Å². The number of anilines is 1. The van der Waals surface area contributed by atoms with Crippen LogP contribution in [0.5, 0.6) is 0 Å². The van der Waals surface area contributed by atoms with Crippen molar-refractivity contribution >= 4 is 11.6 Å². The molecule has 0 spiro atoms. The maximum absolute atomic E-state index is 11.8. The van der Waals surface area contributed by atoms with E-state index in [0.717, 1.165) is 31.7 Å². The number of rotatable bonds is 7. The third kappa shape index (κ3) is 3.21. The van der Waals surface area contributed by atoms with Crippen molar-refractivity contribution in [1.29, 1.82) is 0 Å². The van der Waals surface area contributed by atoms with Gasteiger partial charge in [-0.05, 0) is 56.5 Å². The summed E-state index contributed by atoms with van der Waals surface area (Å²) in [6.45, 7) is 9.87. The molecule has 1 amide bonds. The summed E-state index contributed by atoms with van der Waals surface area (Å²) < 4.78 is 0. The minimum atomic E-state index is -0.00741. The predicted molar refractivity (Wildman–Crippen MR) is 84.2 cm³/mol. The highest BCUT2D eigenvalue weighted by molar-refractivity contribution is 6.03. The molecule has 20 heavy (non-hydrogen) atoms. The second-order valence-corrected chi connectivity index (χ2v) is 5.68. The number of nitrogens with zero attached hydrogens (tertiary/aromatic N) is 1. The quantitative estimate of drug-likeness (QED) is 0.826. The predicted octanol–water partition coefficient (Wildman–Crippen LogP) is 3.41. The molecule has 0 fully saturated rings.